The number of rotatable bonds is 9. The second kappa shape index (κ2) is 14.5. The summed E-state index contributed by atoms with van der Waals surface area (Å²) in [4.78, 5) is 48.5. The maximum atomic E-state index is 12.4. The summed E-state index contributed by atoms with van der Waals surface area (Å²) in [5.74, 6) is 2.00. The topological polar surface area (TPSA) is 142 Å². The number of carbonyl (C=O) groups excluding carboxylic acids is 4. The van der Waals surface area contributed by atoms with Gasteiger partial charge in [0.1, 0.15) is 23.9 Å². The van der Waals surface area contributed by atoms with Gasteiger partial charge in [-0.25, -0.2) is 19.2 Å². The highest BCUT2D eigenvalue weighted by Gasteiger charge is 2.62. The Morgan fingerprint density at radius 2 is 1.49 bits per heavy atom. The van der Waals surface area contributed by atoms with Gasteiger partial charge in [-0.2, -0.15) is 0 Å². The van der Waals surface area contributed by atoms with Crippen molar-refractivity contribution in [2.45, 2.75) is 116 Å². The molecule has 0 aromatic heterocycles. The highest BCUT2D eigenvalue weighted by molar-refractivity contribution is 5.62. The average molecular weight is 667 g/mol. The van der Waals surface area contributed by atoms with Crippen LogP contribution < -0.4 is 0 Å². The van der Waals surface area contributed by atoms with Crippen molar-refractivity contribution >= 4 is 24.6 Å². The lowest BCUT2D eigenvalue weighted by Crippen LogP contribution is -2.57. The minimum absolute atomic E-state index is 0.114. The lowest BCUT2D eigenvalue weighted by Gasteiger charge is -2.60. The van der Waals surface area contributed by atoms with E-state index in [2.05, 4.69) is 26.8 Å². The van der Waals surface area contributed by atoms with E-state index in [-0.39, 0.29) is 5.41 Å². The van der Waals surface area contributed by atoms with Crippen molar-refractivity contribution in [3.63, 3.8) is 0 Å². The number of hydrogen-bond acceptors (Lipinski definition) is 12. The molecule has 3 saturated carbocycles. The van der Waals surface area contributed by atoms with Gasteiger partial charge in [-0.3, -0.25) is 0 Å². The Morgan fingerprint density at radius 3 is 2.13 bits per heavy atom. The van der Waals surface area contributed by atoms with Crippen molar-refractivity contribution in [2.24, 2.45) is 40.4 Å². The van der Waals surface area contributed by atoms with E-state index < -0.39 is 53.9 Å². The predicted octanol–water partition coefficient (Wildman–Crippen LogP) is 7.61. The maximum Gasteiger partial charge on any atom is 0.508 e. The van der Waals surface area contributed by atoms with Gasteiger partial charge < -0.3 is 37.9 Å². The highest BCUT2D eigenvalue weighted by Crippen LogP contribution is 2.67. The molecule has 0 amide bonds. The van der Waals surface area contributed by atoms with Crippen LogP contribution in [0.1, 0.15) is 92.4 Å². The second-order valence-corrected chi connectivity index (χ2v) is 14.8. The van der Waals surface area contributed by atoms with E-state index in [0.717, 1.165) is 38.5 Å². The van der Waals surface area contributed by atoms with E-state index in [0.29, 0.717) is 48.9 Å². The third-order valence-corrected chi connectivity index (χ3v) is 12.3. The van der Waals surface area contributed by atoms with Crippen molar-refractivity contribution < 1.29 is 57.1 Å². The molecule has 266 valence electrons. The largest absolute Gasteiger partial charge is 0.508 e. The number of fused-ring (bicyclic) bond motifs is 5. The van der Waals surface area contributed by atoms with Crippen LogP contribution in [0.2, 0.25) is 0 Å². The minimum Gasteiger partial charge on any atom is -0.438 e. The second-order valence-electron chi connectivity index (χ2n) is 14.8. The molecule has 0 aliphatic heterocycles. The van der Waals surface area contributed by atoms with Gasteiger partial charge in [0.05, 0.1) is 28.4 Å². The summed E-state index contributed by atoms with van der Waals surface area (Å²) in [5.41, 5.74) is -0.232. The number of ether oxygens (including phenoxy) is 8. The van der Waals surface area contributed by atoms with Crippen molar-refractivity contribution in [1.29, 1.82) is 0 Å². The SMILES string of the molecule is COC(=O)OC(CC[C@@H](C)[C@H]1CC[C@H]2[C@@H]3CC=C4C[C@@H](OC(=O)OC)C[C@H](OC(=O)OC)[C@]4(C)[C@H]3CC[C@]12C)C(C)(C)OC(=O)OC. The van der Waals surface area contributed by atoms with Crippen molar-refractivity contribution in [2.75, 3.05) is 28.4 Å². The molecule has 10 atom stereocenters. The number of carbonyl (C=O) groups is 4. The molecule has 12 nitrogen and oxygen atoms in total. The number of methoxy groups -OCH3 is 4. The zero-order valence-electron chi connectivity index (χ0n) is 29.5. The predicted molar refractivity (Wildman–Crippen MR) is 168 cm³/mol. The van der Waals surface area contributed by atoms with E-state index in [4.69, 9.17) is 37.9 Å². The first-order valence-electron chi connectivity index (χ1n) is 16.8. The van der Waals surface area contributed by atoms with Gasteiger partial charge >= 0.3 is 24.6 Å². The first kappa shape index (κ1) is 36.7. The molecule has 12 heteroatoms. The number of allylic oxidation sites excluding steroid dienone is 1. The summed E-state index contributed by atoms with van der Waals surface area (Å²) in [5, 5.41) is 0. The van der Waals surface area contributed by atoms with Crippen molar-refractivity contribution in [3.05, 3.63) is 11.6 Å². The lowest BCUT2D eigenvalue weighted by molar-refractivity contribution is -0.121. The van der Waals surface area contributed by atoms with E-state index in [1.807, 2.05) is 0 Å². The fourth-order valence-electron chi connectivity index (χ4n) is 9.89. The molecule has 0 radical (unpaired) electrons. The van der Waals surface area contributed by atoms with Crippen LogP contribution in [0.15, 0.2) is 11.6 Å². The maximum absolute atomic E-state index is 12.4. The summed E-state index contributed by atoms with van der Waals surface area (Å²) in [6, 6.07) is 0. The van der Waals surface area contributed by atoms with Gasteiger partial charge in [0, 0.05) is 18.3 Å². The number of hydrogen-bond donors (Lipinski definition) is 0. The van der Waals surface area contributed by atoms with E-state index in [1.54, 1.807) is 13.8 Å². The van der Waals surface area contributed by atoms with Gasteiger partial charge in [0.15, 0.2) is 0 Å². The van der Waals surface area contributed by atoms with Crippen LogP contribution >= 0.6 is 0 Å². The van der Waals surface area contributed by atoms with Gasteiger partial charge in [0.2, 0.25) is 0 Å². The monoisotopic (exact) mass is 666 g/mol. The molecule has 0 heterocycles. The van der Waals surface area contributed by atoms with Crippen LogP contribution in [0.4, 0.5) is 19.2 Å². The summed E-state index contributed by atoms with van der Waals surface area (Å²) in [6.07, 6.45) is 4.91. The fraction of sp³-hybridized carbons (Fsp3) is 0.829. The lowest BCUT2D eigenvalue weighted by atomic mass is 9.46. The summed E-state index contributed by atoms with van der Waals surface area (Å²) < 4.78 is 41.7. The fourth-order valence-corrected chi connectivity index (χ4v) is 9.89. The molecule has 0 saturated heterocycles. The molecule has 0 N–H and O–H groups in total. The molecule has 47 heavy (non-hydrogen) atoms. The quantitative estimate of drug-likeness (QED) is 0.136. The molecule has 3 fully saturated rings. The summed E-state index contributed by atoms with van der Waals surface area (Å²) >= 11 is 0. The Kier molecular flexibility index (Phi) is 11.3. The molecule has 0 bridgehead atoms. The normalized spacial score (nSPS) is 34.1. The Morgan fingerprint density at radius 1 is 0.851 bits per heavy atom. The first-order valence-corrected chi connectivity index (χ1v) is 16.8. The Hall–Kier alpha value is -3.18. The van der Waals surface area contributed by atoms with E-state index in [1.165, 1.54) is 34.0 Å². The summed E-state index contributed by atoms with van der Waals surface area (Å²) in [6.45, 7) is 10.3. The van der Waals surface area contributed by atoms with Gasteiger partial charge in [-0.1, -0.05) is 32.4 Å². The van der Waals surface area contributed by atoms with Crippen LogP contribution in [0.5, 0.6) is 0 Å². The van der Waals surface area contributed by atoms with Crippen LogP contribution in [0.3, 0.4) is 0 Å². The molecular weight excluding hydrogens is 612 g/mol. The van der Waals surface area contributed by atoms with E-state index in [9.17, 15) is 19.2 Å². The minimum atomic E-state index is -1.12. The van der Waals surface area contributed by atoms with Gasteiger partial charge in [0.25, 0.3) is 0 Å². The van der Waals surface area contributed by atoms with Crippen LogP contribution in [0, 0.1) is 40.4 Å². The van der Waals surface area contributed by atoms with Crippen molar-refractivity contribution in [1.82, 2.24) is 0 Å². The third-order valence-electron chi connectivity index (χ3n) is 12.3. The van der Waals surface area contributed by atoms with Crippen molar-refractivity contribution in [3.8, 4) is 0 Å². The molecule has 0 spiro atoms. The Balaban J connectivity index is 1.52. The first-order chi connectivity index (χ1) is 22.1. The van der Waals surface area contributed by atoms with Crippen LogP contribution in [-0.4, -0.2) is 77.0 Å². The zero-order valence-corrected chi connectivity index (χ0v) is 29.5. The van der Waals surface area contributed by atoms with E-state index >= 15 is 0 Å². The molecule has 1 unspecified atom stereocenters. The summed E-state index contributed by atoms with van der Waals surface area (Å²) in [7, 11) is 5.08. The Labute approximate surface area is 278 Å². The molecule has 0 aromatic rings. The Bertz CT molecular complexity index is 1200. The smallest absolute Gasteiger partial charge is 0.438 e. The van der Waals surface area contributed by atoms with Gasteiger partial charge in [-0.05, 0) is 93.8 Å². The standard InChI is InChI=1S/C35H54O12/c1-20(10-15-27(45-30(37)41-7)33(2,3)47-32(39)43-9)24-13-14-25-23-12-11-21-18-22(44-29(36)40-6)19-28(46-31(38)42-8)35(21,5)26(23)16-17-34(24,25)4/h11,20,22-28H,10,12-19H2,1-9H3/t20-,22-,23+,24-,25+,26+,27?,28+,34-,35+/m1/s1. The molecule has 4 aliphatic carbocycles. The van der Waals surface area contributed by atoms with Gasteiger partial charge in [-0.15, -0.1) is 0 Å². The third kappa shape index (κ3) is 7.31. The highest BCUT2D eigenvalue weighted by atomic mass is 16.8. The van der Waals surface area contributed by atoms with Crippen LogP contribution in [0.25, 0.3) is 0 Å². The average Bonchev–Trinajstić information content (AvgIpc) is 3.39. The molecule has 4 rings (SSSR count). The molecule has 0 aromatic carbocycles. The zero-order chi connectivity index (χ0) is 34.7. The molecular formula is C35H54O12. The molecule has 4 aliphatic rings. The van der Waals surface area contributed by atoms with Crippen LogP contribution in [-0.2, 0) is 37.9 Å².